The van der Waals surface area contributed by atoms with Gasteiger partial charge in [-0.25, -0.2) is 9.59 Å². The number of benzene rings is 1. The number of carbonyl (C=O) groups is 3. The predicted molar refractivity (Wildman–Crippen MR) is 202 cm³/mol. The summed E-state index contributed by atoms with van der Waals surface area (Å²) in [5, 5.41) is 50.1. The third kappa shape index (κ3) is 3.92. The smallest absolute Gasteiger partial charge is 0.362 e. The van der Waals surface area contributed by atoms with Crippen LogP contribution in [-0.2, 0) is 29.3 Å². The van der Waals surface area contributed by atoms with Crippen LogP contribution in [-0.4, -0.2) is 111 Å². The van der Waals surface area contributed by atoms with Gasteiger partial charge in [0.2, 0.25) is 0 Å². The van der Waals surface area contributed by atoms with Crippen molar-refractivity contribution in [2.75, 3.05) is 25.1 Å². The van der Waals surface area contributed by atoms with Gasteiger partial charge in [-0.3, -0.25) is 4.48 Å². The van der Waals surface area contributed by atoms with E-state index in [9.17, 15) is 34.8 Å². The molecule has 12 rings (SSSR count). The van der Waals surface area contributed by atoms with E-state index in [1.54, 1.807) is 6.08 Å². The summed E-state index contributed by atoms with van der Waals surface area (Å²) in [5.74, 6) is -0.852. The van der Waals surface area contributed by atoms with Crippen LogP contribution in [0.4, 0.5) is 5.69 Å². The second kappa shape index (κ2) is 11.5. The third-order valence-electron chi connectivity index (χ3n) is 19.6. The number of ether oxygens (including phenoxy) is 2. The number of hydrogen-bond donors (Lipinski definition) is 4. The minimum Gasteiger partial charge on any atom is -0.458 e. The van der Waals surface area contributed by atoms with Crippen molar-refractivity contribution >= 4 is 23.9 Å². The number of piperidine rings is 4. The highest BCUT2D eigenvalue weighted by Crippen LogP contribution is 2.73. The van der Waals surface area contributed by atoms with Crippen molar-refractivity contribution in [1.82, 2.24) is 0 Å². The molecule has 11 aliphatic rings. The summed E-state index contributed by atoms with van der Waals surface area (Å²) in [6.45, 7) is 4.56. The average molecular weight is 772 g/mol. The van der Waals surface area contributed by atoms with E-state index >= 15 is 0 Å². The molecule has 0 amide bonds. The van der Waals surface area contributed by atoms with Gasteiger partial charge < -0.3 is 39.6 Å². The van der Waals surface area contributed by atoms with E-state index in [1.807, 2.05) is 6.07 Å². The normalized spacial score (nSPS) is 54.1. The first-order chi connectivity index (χ1) is 26.7. The maximum Gasteiger partial charge on any atom is 0.362 e. The van der Waals surface area contributed by atoms with Crippen molar-refractivity contribution in [2.45, 2.75) is 144 Å². The van der Waals surface area contributed by atoms with Crippen LogP contribution in [0.25, 0.3) is 0 Å². The van der Waals surface area contributed by atoms with Crippen LogP contribution in [0.1, 0.15) is 96.5 Å². The van der Waals surface area contributed by atoms with Gasteiger partial charge in [0, 0.05) is 55.3 Å². The number of cyclic esters (lactones) is 1. The molecular weight excluding hydrogens is 713 g/mol. The van der Waals surface area contributed by atoms with Crippen LogP contribution in [0.2, 0.25) is 0 Å². The van der Waals surface area contributed by atoms with Crippen molar-refractivity contribution in [3.8, 4) is 0 Å². The fourth-order valence-corrected chi connectivity index (χ4v) is 17.6. The summed E-state index contributed by atoms with van der Waals surface area (Å²) in [6, 6.07) is 8.28. The Labute approximate surface area is 329 Å². The van der Waals surface area contributed by atoms with Crippen LogP contribution >= 0.6 is 0 Å². The van der Waals surface area contributed by atoms with E-state index in [4.69, 9.17) is 9.47 Å². The van der Waals surface area contributed by atoms with Gasteiger partial charge >= 0.3 is 11.9 Å². The molecule has 1 spiro atoms. The molecule has 56 heavy (non-hydrogen) atoms. The number of rotatable bonds is 6. The molecule has 1 aromatic rings. The Balaban J connectivity index is 0.854. The first-order valence-electron chi connectivity index (χ1n) is 21.8. The molecule has 4 N–H and O–H groups in total. The highest BCUT2D eigenvalue weighted by Gasteiger charge is 2.83. The summed E-state index contributed by atoms with van der Waals surface area (Å²) in [6.07, 6.45) is 7.72. The zero-order chi connectivity index (χ0) is 38.9. The maximum atomic E-state index is 14.5. The Hall–Kier alpha value is -2.83. The number of para-hydroxylation sites is 1. The van der Waals surface area contributed by atoms with Gasteiger partial charge in [0.05, 0.1) is 40.2 Å². The fraction of sp³-hybridized carbons (Fsp3) is 0.756. The number of nitrogens with zero attached hydrogens (tertiary/aromatic N) is 2. The molecule has 4 saturated heterocycles. The number of fused-ring (bicyclic) bond motifs is 7. The SMILES string of the molecule is CC[C@@H]1[C@@H]2C[C@H]3[C@@H]4N(C)c5ccccc5[C@@]45C[C@@H]([C@@H]2[C@@H]5O)[N@+]3(CC(=O)O[C@@H]2CC[C@]3(C=O)[C@@H]4CC[C@]5(C)[C@H](C6=CC(=O)OC6)CC[C@]5(O)[C@@H]4CC[C@@]3(O)C2)[C@@H]1O. The van der Waals surface area contributed by atoms with E-state index in [0.717, 1.165) is 43.2 Å². The van der Waals surface area contributed by atoms with Crippen molar-refractivity contribution in [1.29, 1.82) is 0 Å². The third-order valence-corrected chi connectivity index (χ3v) is 19.6. The van der Waals surface area contributed by atoms with Crippen LogP contribution in [0, 0.1) is 46.3 Å². The van der Waals surface area contributed by atoms with Crippen molar-refractivity contribution in [3.05, 3.63) is 41.5 Å². The topological polar surface area (TPSA) is 154 Å². The predicted octanol–water partition coefficient (Wildman–Crippen LogP) is 3.53. The lowest BCUT2D eigenvalue weighted by Crippen LogP contribution is -2.83. The molecule has 0 aromatic heterocycles. The van der Waals surface area contributed by atoms with Crippen molar-refractivity contribution in [3.63, 3.8) is 0 Å². The number of quaternary nitrogens is 1. The molecule has 0 radical (unpaired) electrons. The molecule has 11 nitrogen and oxygen atoms in total. The maximum absolute atomic E-state index is 14.5. The number of carbonyl (C=O) groups excluding carboxylic acids is 3. The van der Waals surface area contributed by atoms with E-state index in [0.29, 0.717) is 44.9 Å². The van der Waals surface area contributed by atoms with Gasteiger partial charge in [0.1, 0.15) is 25.0 Å². The monoisotopic (exact) mass is 771 g/mol. The van der Waals surface area contributed by atoms with Gasteiger partial charge in [0.15, 0.2) is 12.8 Å². The number of anilines is 1. The van der Waals surface area contributed by atoms with Gasteiger partial charge in [-0.2, -0.15) is 0 Å². The molecule has 302 valence electrons. The molecule has 18 atom stereocenters. The zero-order valence-corrected chi connectivity index (χ0v) is 33.0. The van der Waals surface area contributed by atoms with Crippen LogP contribution < -0.4 is 4.90 Å². The molecule has 6 heterocycles. The van der Waals surface area contributed by atoms with Gasteiger partial charge in [-0.15, -0.1) is 0 Å². The Bertz CT molecular complexity index is 1940. The minimum atomic E-state index is -1.37. The fourth-order valence-electron chi connectivity index (χ4n) is 17.6. The lowest BCUT2D eigenvalue weighted by atomic mass is 9.41. The second-order valence-corrected chi connectivity index (χ2v) is 20.6. The standard InChI is InChI=1S/C45H59N2O9/c1-4-26-27-18-33-38-44(31-7-5-6-8-32(31)46(38)3)20-34(37(27)39(44)51)47(33,40(26)52)21-36(50)56-25-9-14-42(23-48)29-10-13-41(2)28(24-17-35(49)55-22-24)12-16-45(41,54)30(29)11-15-43(42,53)19-25/h5-8,17,23,25-30,33-34,37-40,51-54H,4,9-16,18-22H2,1-3H3/q+1/t25-,26-,27+,28+,29-,30-,33+,34+,37-,38+,39+,40-,41-,42+,43-,44+,45+,47-/m1/s1. The first kappa shape index (κ1) is 36.3. The van der Waals surface area contributed by atoms with E-state index in [1.165, 1.54) is 5.56 Å². The molecule has 5 saturated carbocycles. The lowest BCUT2D eigenvalue weighted by molar-refractivity contribution is -1.03. The summed E-state index contributed by atoms with van der Waals surface area (Å²) in [7, 11) is 2.11. The Morgan fingerprint density at radius 2 is 1.82 bits per heavy atom. The lowest BCUT2D eigenvalue weighted by Gasteiger charge is -2.67. The average Bonchev–Trinajstić information content (AvgIpc) is 3.86. The number of esters is 2. The first-order valence-corrected chi connectivity index (χ1v) is 21.8. The molecule has 0 unspecified atom stereocenters. The number of aldehydes is 1. The van der Waals surface area contributed by atoms with Crippen LogP contribution in [0.3, 0.4) is 0 Å². The van der Waals surface area contributed by atoms with Gasteiger partial charge in [-0.1, -0.05) is 32.0 Å². The summed E-state index contributed by atoms with van der Waals surface area (Å²) >= 11 is 0. The van der Waals surface area contributed by atoms with Crippen LogP contribution in [0.5, 0.6) is 0 Å². The van der Waals surface area contributed by atoms with Gasteiger partial charge in [-0.05, 0) is 98.7 Å². The van der Waals surface area contributed by atoms with Gasteiger partial charge in [0.25, 0.3) is 0 Å². The second-order valence-electron chi connectivity index (χ2n) is 20.6. The summed E-state index contributed by atoms with van der Waals surface area (Å²) < 4.78 is 11.9. The Morgan fingerprint density at radius 1 is 1.04 bits per heavy atom. The number of likely N-dealkylation sites (N-methyl/N-ethyl adjacent to an activating group) is 1. The van der Waals surface area contributed by atoms with Crippen molar-refractivity contribution in [2.24, 2.45) is 46.3 Å². The van der Waals surface area contributed by atoms with E-state index in [2.05, 4.69) is 44.0 Å². The summed E-state index contributed by atoms with van der Waals surface area (Å²) in [4.78, 5) is 42.3. The zero-order valence-electron chi connectivity index (χ0n) is 33.0. The molecule has 1 aromatic carbocycles. The Morgan fingerprint density at radius 3 is 2.57 bits per heavy atom. The molecule has 5 bridgehead atoms. The number of hydrogen-bond acceptors (Lipinski definition) is 10. The van der Waals surface area contributed by atoms with Crippen molar-refractivity contribution < 1.29 is 48.8 Å². The number of aliphatic hydroxyl groups excluding tert-OH is 2. The number of aliphatic hydroxyl groups is 4. The highest BCUT2D eigenvalue weighted by atomic mass is 16.5. The molecule has 9 fully saturated rings. The Kier molecular flexibility index (Phi) is 7.42. The molecule has 5 aliphatic carbocycles. The molecule has 11 heteroatoms. The summed E-state index contributed by atoms with van der Waals surface area (Å²) in [5.41, 5.74) is -1.04. The highest BCUT2D eigenvalue weighted by molar-refractivity contribution is 5.85. The van der Waals surface area contributed by atoms with E-state index in [-0.39, 0.29) is 89.6 Å². The van der Waals surface area contributed by atoms with Crippen LogP contribution in [0.15, 0.2) is 35.9 Å². The largest absolute Gasteiger partial charge is 0.458 e. The molecule has 6 aliphatic heterocycles. The molecular formula is C45H59N2O9+. The van der Waals surface area contributed by atoms with E-state index < -0.39 is 45.9 Å². The minimum absolute atomic E-state index is 0.0104. The quantitative estimate of drug-likeness (QED) is 0.192.